The SMILES string of the molecule is COc1ccc(C=C2CCCC3C2=NN(C(=O)CSc2nnc(N)s2)C3c2ccc(OC)cc2)cc1. The Balaban J connectivity index is 1.46. The number of benzene rings is 2. The molecule has 0 saturated heterocycles. The number of anilines is 1. The Bertz CT molecular complexity index is 1290. The van der Waals surface area contributed by atoms with Gasteiger partial charge in [-0.1, -0.05) is 47.4 Å². The van der Waals surface area contributed by atoms with Crippen LogP contribution in [0.1, 0.15) is 36.4 Å². The van der Waals surface area contributed by atoms with E-state index in [1.54, 1.807) is 19.2 Å². The minimum absolute atomic E-state index is 0.0692. The first-order chi connectivity index (χ1) is 17.6. The van der Waals surface area contributed by atoms with Crippen molar-refractivity contribution in [1.29, 1.82) is 0 Å². The summed E-state index contributed by atoms with van der Waals surface area (Å²) in [4.78, 5) is 13.5. The molecule has 2 heterocycles. The number of hydrazone groups is 1. The van der Waals surface area contributed by atoms with Crippen LogP contribution in [0.25, 0.3) is 6.08 Å². The fraction of sp³-hybridized carbons (Fsp3) is 0.308. The maximum atomic E-state index is 13.5. The zero-order chi connectivity index (χ0) is 25.1. The van der Waals surface area contributed by atoms with E-state index in [1.165, 1.54) is 28.7 Å². The summed E-state index contributed by atoms with van der Waals surface area (Å²) in [6.07, 6.45) is 5.12. The quantitative estimate of drug-likeness (QED) is 0.434. The molecule has 1 aromatic heterocycles. The van der Waals surface area contributed by atoms with Crippen molar-refractivity contribution in [1.82, 2.24) is 15.2 Å². The molecule has 36 heavy (non-hydrogen) atoms. The molecule has 1 aliphatic carbocycles. The number of nitrogen functional groups attached to an aromatic ring is 1. The predicted octanol–water partition coefficient (Wildman–Crippen LogP) is 5.05. The van der Waals surface area contributed by atoms with Gasteiger partial charge in [-0.2, -0.15) is 5.10 Å². The number of aromatic nitrogens is 2. The molecule has 2 unspecified atom stereocenters. The molecule has 0 radical (unpaired) electrons. The molecule has 2 aliphatic rings. The van der Waals surface area contributed by atoms with E-state index >= 15 is 0 Å². The number of ether oxygens (including phenoxy) is 2. The van der Waals surface area contributed by atoms with Gasteiger partial charge >= 0.3 is 0 Å². The molecule has 0 spiro atoms. The van der Waals surface area contributed by atoms with Gasteiger partial charge in [-0.15, -0.1) is 10.2 Å². The van der Waals surface area contributed by atoms with Gasteiger partial charge in [0.2, 0.25) is 5.13 Å². The van der Waals surface area contributed by atoms with E-state index in [2.05, 4.69) is 16.3 Å². The zero-order valence-electron chi connectivity index (χ0n) is 20.1. The molecule has 2 atom stereocenters. The van der Waals surface area contributed by atoms with E-state index in [4.69, 9.17) is 20.3 Å². The van der Waals surface area contributed by atoms with Crippen LogP contribution in [0.5, 0.6) is 11.5 Å². The normalized spacial score (nSPS) is 20.2. The number of fused-ring (bicyclic) bond motifs is 1. The van der Waals surface area contributed by atoms with Crippen molar-refractivity contribution in [2.24, 2.45) is 11.0 Å². The number of methoxy groups -OCH3 is 2. The van der Waals surface area contributed by atoms with Crippen molar-refractivity contribution in [3.8, 4) is 11.5 Å². The third-order valence-electron chi connectivity index (χ3n) is 6.41. The largest absolute Gasteiger partial charge is 0.497 e. The Morgan fingerprint density at radius 1 is 1.11 bits per heavy atom. The number of nitrogens with zero attached hydrogens (tertiary/aromatic N) is 4. The second kappa shape index (κ2) is 10.7. The van der Waals surface area contributed by atoms with Gasteiger partial charge in [0, 0.05) is 5.92 Å². The first-order valence-corrected chi connectivity index (χ1v) is 13.5. The van der Waals surface area contributed by atoms with E-state index in [0.717, 1.165) is 47.6 Å². The van der Waals surface area contributed by atoms with Gasteiger partial charge < -0.3 is 15.2 Å². The van der Waals surface area contributed by atoms with Crippen LogP contribution in [0.4, 0.5) is 5.13 Å². The summed E-state index contributed by atoms with van der Waals surface area (Å²) in [5.41, 5.74) is 10.00. The van der Waals surface area contributed by atoms with Crippen LogP contribution in [-0.4, -0.2) is 46.8 Å². The summed E-state index contributed by atoms with van der Waals surface area (Å²) in [6.45, 7) is 0. The highest BCUT2D eigenvalue weighted by molar-refractivity contribution is 8.01. The molecule has 3 aromatic rings. The molecule has 8 nitrogen and oxygen atoms in total. The van der Waals surface area contributed by atoms with Crippen LogP contribution in [0.3, 0.4) is 0 Å². The van der Waals surface area contributed by atoms with E-state index in [0.29, 0.717) is 9.47 Å². The van der Waals surface area contributed by atoms with E-state index < -0.39 is 0 Å². The molecule has 5 rings (SSSR count). The van der Waals surface area contributed by atoms with Crippen LogP contribution < -0.4 is 15.2 Å². The van der Waals surface area contributed by atoms with Gasteiger partial charge in [0.15, 0.2) is 4.34 Å². The highest BCUT2D eigenvalue weighted by Gasteiger charge is 2.43. The van der Waals surface area contributed by atoms with Crippen LogP contribution in [0, 0.1) is 5.92 Å². The fourth-order valence-electron chi connectivity index (χ4n) is 4.71. The molecular formula is C26H27N5O3S2. The predicted molar refractivity (Wildman–Crippen MR) is 143 cm³/mol. The average molecular weight is 522 g/mol. The smallest absolute Gasteiger partial charge is 0.253 e. The summed E-state index contributed by atoms with van der Waals surface area (Å²) in [7, 11) is 3.31. The summed E-state index contributed by atoms with van der Waals surface area (Å²) in [5.74, 6) is 1.87. The minimum Gasteiger partial charge on any atom is -0.497 e. The topological polar surface area (TPSA) is 103 Å². The lowest BCUT2D eigenvalue weighted by atomic mass is 9.77. The van der Waals surface area contributed by atoms with Crippen molar-refractivity contribution in [2.45, 2.75) is 29.6 Å². The number of amides is 1. The van der Waals surface area contributed by atoms with Gasteiger partial charge in [0.1, 0.15) is 11.5 Å². The van der Waals surface area contributed by atoms with Gasteiger partial charge in [0.25, 0.3) is 5.91 Å². The Hall–Kier alpha value is -3.37. The van der Waals surface area contributed by atoms with E-state index in [-0.39, 0.29) is 23.6 Å². The monoisotopic (exact) mass is 521 g/mol. The number of allylic oxidation sites excluding steroid dienone is 1. The number of hydrogen-bond donors (Lipinski definition) is 1. The number of carbonyl (C=O) groups is 1. The zero-order valence-corrected chi connectivity index (χ0v) is 21.7. The Morgan fingerprint density at radius 3 is 2.44 bits per heavy atom. The van der Waals surface area contributed by atoms with Crippen molar-refractivity contribution >= 4 is 45.9 Å². The highest BCUT2D eigenvalue weighted by Crippen LogP contribution is 2.45. The van der Waals surface area contributed by atoms with Crippen molar-refractivity contribution in [3.63, 3.8) is 0 Å². The number of rotatable bonds is 7. The summed E-state index contributed by atoms with van der Waals surface area (Å²) >= 11 is 2.62. The molecule has 1 aliphatic heterocycles. The van der Waals surface area contributed by atoms with Crippen LogP contribution in [-0.2, 0) is 4.79 Å². The highest BCUT2D eigenvalue weighted by atomic mass is 32.2. The van der Waals surface area contributed by atoms with Crippen molar-refractivity contribution in [2.75, 3.05) is 25.7 Å². The maximum absolute atomic E-state index is 13.5. The van der Waals surface area contributed by atoms with Crippen molar-refractivity contribution in [3.05, 3.63) is 65.2 Å². The van der Waals surface area contributed by atoms with E-state index in [9.17, 15) is 4.79 Å². The van der Waals surface area contributed by atoms with Crippen LogP contribution in [0.15, 0.2) is 63.5 Å². The fourth-order valence-corrected chi connectivity index (χ4v) is 6.20. The Morgan fingerprint density at radius 2 is 1.81 bits per heavy atom. The minimum atomic E-state index is -0.168. The molecule has 2 aromatic carbocycles. The molecule has 1 saturated carbocycles. The first kappa shape index (κ1) is 24.3. The molecule has 1 amide bonds. The summed E-state index contributed by atoms with van der Waals surface area (Å²) in [5, 5.41) is 14.9. The summed E-state index contributed by atoms with van der Waals surface area (Å²) < 4.78 is 11.3. The molecule has 186 valence electrons. The van der Waals surface area contributed by atoms with Crippen LogP contribution in [0.2, 0.25) is 0 Å². The first-order valence-electron chi connectivity index (χ1n) is 11.7. The number of hydrogen-bond acceptors (Lipinski definition) is 9. The van der Waals surface area contributed by atoms with Crippen molar-refractivity contribution < 1.29 is 14.3 Å². The lowest BCUT2D eigenvalue weighted by Gasteiger charge is -2.29. The standard InChI is InChI=1S/C26H27N5O3S2/c1-33-19-10-6-16(7-11-19)14-18-4-3-5-21-23(18)30-31(22(32)15-35-26-29-28-25(27)36-26)24(21)17-8-12-20(34-2)13-9-17/h6-14,21,24H,3-5,15H2,1-2H3,(H2,27,28). The third-order valence-corrected chi connectivity index (χ3v) is 8.28. The Labute approximate surface area is 218 Å². The molecular weight excluding hydrogens is 494 g/mol. The molecule has 2 N–H and O–H groups in total. The molecule has 0 bridgehead atoms. The number of thioether (sulfide) groups is 1. The number of carbonyl (C=O) groups excluding carboxylic acids is 1. The molecule has 1 fully saturated rings. The average Bonchev–Trinajstić information content (AvgIpc) is 3.52. The van der Waals surface area contributed by atoms with Gasteiger partial charge in [-0.3, -0.25) is 4.79 Å². The lowest BCUT2D eigenvalue weighted by Crippen LogP contribution is -2.32. The van der Waals surface area contributed by atoms with E-state index in [1.807, 2.05) is 48.5 Å². The Kier molecular flexibility index (Phi) is 7.24. The van der Waals surface area contributed by atoms with Gasteiger partial charge in [-0.05, 0) is 66.3 Å². The van der Waals surface area contributed by atoms with Crippen LogP contribution >= 0.6 is 23.1 Å². The molecule has 10 heteroatoms. The van der Waals surface area contributed by atoms with Gasteiger partial charge in [0.05, 0.1) is 31.7 Å². The lowest BCUT2D eigenvalue weighted by molar-refractivity contribution is -0.130. The van der Waals surface area contributed by atoms with Gasteiger partial charge in [-0.25, -0.2) is 5.01 Å². The maximum Gasteiger partial charge on any atom is 0.253 e. The second-order valence-electron chi connectivity index (χ2n) is 8.58. The second-order valence-corrected chi connectivity index (χ2v) is 10.8. The number of nitrogens with two attached hydrogens (primary N) is 1. The third kappa shape index (κ3) is 5.10. The summed E-state index contributed by atoms with van der Waals surface area (Å²) in [6, 6.07) is 15.8.